The van der Waals surface area contributed by atoms with Gasteiger partial charge >= 0.3 is 0 Å². The molecule has 0 aliphatic rings. The van der Waals surface area contributed by atoms with Crippen LogP contribution >= 0.6 is 11.6 Å². The predicted molar refractivity (Wildman–Crippen MR) is 78.8 cm³/mol. The number of hydrogen-bond acceptors (Lipinski definition) is 3. The lowest BCUT2D eigenvalue weighted by Crippen LogP contribution is -2.09. The number of aromatic nitrogens is 1. The Balaban J connectivity index is 2.07. The molecule has 4 heteroatoms. The zero-order valence-electron chi connectivity index (χ0n) is 11.1. The number of pyridine rings is 1. The maximum absolute atomic E-state index is 5.85. The SMILES string of the molecule is CC(C)Oc1ccccc1CNc1ccnc(Cl)c1. The number of ether oxygens (including phenoxy) is 1. The van der Waals surface area contributed by atoms with Crippen molar-refractivity contribution in [1.82, 2.24) is 4.98 Å². The van der Waals surface area contributed by atoms with Crippen molar-refractivity contribution >= 4 is 17.3 Å². The average molecular weight is 277 g/mol. The molecule has 0 atom stereocenters. The molecule has 0 radical (unpaired) electrons. The lowest BCUT2D eigenvalue weighted by Gasteiger charge is -2.15. The fraction of sp³-hybridized carbons (Fsp3) is 0.267. The minimum Gasteiger partial charge on any atom is -0.491 e. The molecule has 1 aromatic carbocycles. The van der Waals surface area contributed by atoms with E-state index in [2.05, 4.69) is 10.3 Å². The standard InChI is InChI=1S/C15H17ClN2O/c1-11(2)19-14-6-4-3-5-12(14)10-18-13-7-8-17-15(16)9-13/h3-9,11H,10H2,1-2H3,(H,17,18). The van der Waals surface area contributed by atoms with Crippen molar-refractivity contribution in [1.29, 1.82) is 0 Å². The fourth-order valence-electron chi connectivity index (χ4n) is 1.73. The first kappa shape index (κ1) is 13.7. The molecule has 1 heterocycles. The lowest BCUT2D eigenvalue weighted by atomic mass is 10.2. The molecule has 0 spiro atoms. The first-order chi connectivity index (χ1) is 9.15. The Hall–Kier alpha value is -1.74. The number of nitrogens with zero attached hydrogens (tertiary/aromatic N) is 1. The molecule has 19 heavy (non-hydrogen) atoms. The molecule has 1 N–H and O–H groups in total. The molecule has 0 aliphatic carbocycles. The van der Waals surface area contributed by atoms with Crippen LogP contribution in [0, 0.1) is 0 Å². The summed E-state index contributed by atoms with van der Waals surface area (Å²) in [7, 11) is 0. The summed E-state index contributed by atoms with van der Waals surface area (Å²) in [6, 6.07) is 11.7. The maximum Gasteiger partial charge on any atom is 0.131 e. The van der Waals surface area contributed by atoms with Crippen molar-refractivity contribution < 1.29 is 4.74 Å². The van der Waals surface area contributed by atoms with Crippen molar-refractivity contribution in [3.05, 3.63) is 53.3 Å². The Bertz CT molecular complexity index is 543. The molecule has 0 saturated carbocycles. The highest BCUT2D eigenvalue weighted by atomic mass is 35.5. The van der Waals surface area contributed by atoms with Crippen molar-refractivity contribution in [2.45, 2.75) is 26.5 Å². The second kappa shape index (κ2) is 6.43. The first-order valence-electron chi connectivity index (χ1n) is 6.25. The molecule has 0 fully saturated rings. The smallest absolute Gasteiger partial charge is 0.131 e. The Kier molecular flexibility index (Phi) is 4.63. The topological polar surface area (TPSA) is 34.1 Å². The summed E-state index contributed by atoms with van der Waals surface area (Å²) < 4.78 is 5.78. The second-order valence-corrected chi connectivity index (χ2v) is 4.88. The normalized spacial score (nSPS) is 10.5. The van der Waals surface area contributed by atoms with E-state index in [1.165, 1.54) is 0 Å². The summed E-state index contributed by atoms with van der Waals surface area (Å²) in [6.45, 7) is 4.73. The molecule has 100 valence electrons. The largest absolute Gasteiger partial charge is 0.491 e. The van der Waals surface area contributed by atoms with Crippen LogP contribution in [0.25, 0.3) is 0 Å². The number of anilines is 1. The molecule has 0 unspecified atom stereocenters. The number of nitrogens with one attached hydrogen (secondary N) is 1. The van der Waals surface area contributed by atoms with Crippen molar-refractivity contribution in [3.63, 3.8) is 0 Å². The molecule has 2 rings (SSSR count). The molecule has 0 aliphatic heterocycles. The van der Waals surface area contributed by atoms with Crippen LogP contribution in [0.3, 0.4) is 0 Å². The highest BCUT2D eigenvalue weighted by molar-refractivity contribution is 6.29. The van der Waals surface area contributed by atoms with E-state index in [0.717, 1.165) is 17.0 Å². The van der Waals surface area contributed by atoms with E-state index in [4.69, 9.17) is 16.3 Å². The minimum atomic E-state index is 0.163. The Morgan fingerprint density at radius 2 is 2.05 bits per heavy atom. The highest BCUT2D eigenvalue weighted by Gasteiger charge is 2.04. The molecular weight excluding hydrogens is 260 g/mol. The maximum atomic E-state index is 5.85. The average Bonchev–Trinajstić information content (AvgIpc) is 2.37. The van der Waals surface area contributed by atoms with Gasteiger partial charge in [0, 0.05) is 24.0 Å². The van der Waals surface area contributed by atoms with Gasteiger partial charge in [0.05, 0.1) is 6.10 Å². The van der Waals surface area contributed by atoms with Crippen LogP contribution in [-0.2, 0) is 6.54 Å². The van der Waals surface area contributed by atoms with Crippen LogP contribution in [0.15, 0.2) is 42.6 Å². The van der Waals surface area contributed by atoms with E-state index in [0.29, 0.717) is 11.7 Å². The Labute approximate surface area is 118 Å². The van der Waals surface area contributed by atoms with Gasteiger partial charge in [-0.1, -0.05) is 29.8 Å². The van der Waals surface area contributed by atoms with Gasteiger partial charge in [0.15, 0.2) is 0 Å². The number of hydrogen-bond donors (Lipinski definition) is 1. The molecule has 0 amide bonds. The van der Waals surface area contributed by atoms with Gasteiger partial charge in [0.2, 0.25) is 0 Å². The predicted octanol–water partition coefficient (Wildman–Crippen LogP) is 4.13. The van der Waals surface area contributed by atoms with Crippen molar-refractivity contribution in [3.8, 4) is 5.75 Å². The van der Waals surface area contributed by atoms with E-state index in [1.54, 1.807) is 12.3 Å². The number of benzene rings is 1. The van der Waals surface area contributed by atoms with Gasteiger partial charge in [-0.3, -0.25) is 0 Å². The third-order valence-corrected chi connectivity index (χ3v) is 2.75. The third-order valence-electron chi connectivity index (χ3n) is 2.54. The lowest BCUT2D eigenvalue weighted by molar-refractivity contribution is 0.240. The zero-order valence-corrected chi connectivity index (χ0v) is 11.8. The number of rotatable bonds is 5. The van der Waals surface area contributed by atoms with E-state index < -0.39 is 0 Å². The summed E-state index contributed by atoms with van der Waals surface area (Å²) >= 11 is 5.85. The summed E-state index contributed by atoms with van der Waals surface area (Å²) in [6.07, 6.45) is 1.85. The highest BCUT2D eigenvalue weighted by Crippen LogP contribution is 2.21. The van der Waals surface area contributed by atoms with Crippen LogP contribution in [0.5, 0.6) is 5.75 Å². The minimum absolute atomic E-state index is 0.163. The molecule has 2 aromatic rings. The summed E-state index contributed by atoms with van der Waals surface area (Å²) in [4.78, 5) is 3.95. The van der Waals surface area contributed by atoms with Crippen molar-refractivity contribution in [2.24, 2.45) is 0 Å². The van der Waals surface area contributed by atoms with Crippen LogP contribution < -0.4 is 10.1 Å². The molecule has 3 nitrogen and oxygen atoms in total. The molecule has 0 saturated heterocycles. The quantitative estimate of drug-likeness (QED) is 0.834. The van der Waals surface area contributed by atoms with Crippen LogP contribution in [0.1, 0.15) is 19.4 Å². The van der Waals surface area contributed by atoms with E-state index in [-0.39, 0.29) is 6.10 Å². The van der Waals surface area contributed by atoms with E-state index >= 15 is 0 Å². The summed E-state index contributed by atoms with van der Waals surface area (Å²) in [5.74, 6) is 0.908. The van der Waals surface area contributed by atoms with Gasteiger partial charge in [-0.2, -0.15) is 0 Å². The number of para-hydroxylation sites is 1. The van der Waals surface area contributed by atoms with Gasteiger partial charge in [0.25, 0.3) is 0 Å². The van der Waals surface area contributed by atoms with Gasteiger partial charge in [-0.05, 0) is 32.0 Å². The number of halogens is 1. The van der Waals surface area contributed by atoms with Crippen molar-refractivity contribution in [2.75, 3.05) is 5.32 Å². The monoisotopic (exact) mass is 276 g/mol. The van der Waals surface area contributed by atoms with Crippen LogP contribution in [0.4, 0.5) is 5.69 Å². The first-order valence-corrected chi connectivity index (χ1v) is 6.63. The van der Waals surface area contributed by atoms with Gasteiger partial charge < -0.3 is 10.1 Å². The van der Waals surface area contributed by atoms with E-state index in [9.17, 15) is 0 Å². The molecule has 1 aromatic heterocycles. The van der Waals surface area contributed by atoms with Gasteiger partial charge in [0.1, 0.15) is 10.9 Å². The Morgan fingerprint density at radius 3 is 2.79 bits per heavy atom. The molecular formula is C15H17ClN2O. The second-order valence-electron chi connectivity index (χ2n) is 4.50. The third kappa shape index (κ3) is 4.14. The summed E-state index contributed by atoms with van der Waals surface area (Å²) in [5.41, 5.74) is 2.06. The Morgan fingerprint density at radius 1 is 1.26 bits per heavy atom. The fourth-order valence-corrected chi connectivity index (χ4v) is 1.90. The van der Waals surface area contributed by atoms with Crippen LogP contribution in [-0.4, -0.2) is 11.1 Å². The zero-order chi connectivity index (χ0) is 13.7. The summed E-state index contributed by atoms with van der Waals surface area (Å²) in [5, 5.41) is 3.79. The van der Waals surface area contributed by atoms with Gasteiger partial charge in [-0.15, -0.1) is 0 Å². The molecule has 0 bridgehead atoms. The van der Waals surface area contributed by atoms with Crippen LogP contribution in [0.2, 0.25) is 5.15 Å². The van der Waals surface area contributed by atoms with E-state index in [1.807, 2.05) is 44.2 Å². The van der Waals surface area contributed by atoms with Gasteiger partial charge in [-0.25, -0.2) is 4.98 Å².